The minimum absolute atomic E-state index is 0.461. The van der Waals surface area contributed by atoms with Crippen LogP contribution in [0.5, 0.6) is 0 Å². The third kappa shape index (κ3) is 4.05. The summed E-state index contributed by atoms with van der Waals surface area (Å²) < 4.78 is 0. The molecule has 0 saturated heterocycles. The molecule has 0 fully saturated rings. The predicted octanol–water partition coefficient (Wildman–Crippen LogP) is 3.08. The molecule has 0 saturated carbocycles. The Morgan fingerprint density at radius 1 is 1.17 bits per heavy atom. The van der Waals surface area contributed by atoms with Gasteiger partial charge in [-0.05, 0) is 33.4 Å². The number of nitrogens with one attached hydrogen (secondary N) is 2. The molecule has 102 valence electrons. The molecular formula is C13H24N4S. The van der Waals surface area contributed by atoms with E-state index in [9.17, 15) is 0 Å². The molecule has 1 rings (SSSR count). The number of aromatic nitrogens is 2. The van der Waals surface area contributed by atoms with Crippen LogP contribution in [0.15, 0.2) is 0 Å². The summed E-state index contributed by atoms with van der Waals surface area (Å²) in [6, 6.07) is 0.461. The summed E-state index contributed by atoms with van der Waals surface area (Å²) in [6.07, 6.45) is 3.23. The van der Waals surface area contributed by atoms with E-state index in [-0.39, 0.29) is 0 Å². The number of anilines is 2. The summed E-state index contributed by atoms with van der Waals surface area (Å²) >= 11 is 1.86. The minimum atomic E-state index is 0.461. The molecule has 0 aromatic carbocycles. The van der Waals surface area contributed by atoms with E-state index in [1.807, 2.05) is 18.7 Å². The molecule has 2 N–H and O–H groups in total. The zero-order valence-corrected chi connectivity index (χ0v) is 12.8. The minimum Gasteiger partial charge on any atom is -0.370 e. The summed E-state index contributed by atoms with van der Waals surface area (Å²) in [5, 5.41) is 6.81. The topological polar surface area (TPSA) is 49.8 Å². The first-order valence-corrected chi connectivity index (χ1v) is 7.86. The molecule has 1 unspecified atom stereocenters. The lowest BCUT2D eigenvalue weighted by molar-refractivity contribution is 0.766. The van der Waals surface area contributed by atoms with Gasteiger partial charge in [0, 0.05) is 23.9 Å². The van der Waals surface area contributed by atoms with Gasteiger partial charge in [-0.3, -0.25) is 0 Å². The molecule has 0 bridgehead atoms. The maximum absolute atomic E-state index is 4.51. The van der Waals surface area contributed by atoms with Gasteiger partial charge in [0.05, 0.1) is 0 Å². The molecule has 0 radical (unpaired) electrons. The first-order chi connectivity index (χ1) is 8.62. The monoisotopic (exact) mass is 268 g/mol. The maximum Gasteiger partial charge on any atom is 0.135 e. The molecule has 0 spiro atoms. The van der Waals surface area contributed by atoms with E-state index in [0.717, 1.165) is 41.7 Å². The Balaban J connectivity index is 2.93. The summed E-state index contributed by atoms with van der Waals surface area (Å²) in [6.45, 7) is 9.14. The van der Waals surface area contributed by atoms with Gasteiger partial charge in [0.1, 0.15) is 17.5 Å². The van der Waals surface area contributed by atoms with E-state index in [2.05, 4.69) is 47.6 Å². The van der Waals surface area contributed by atoms with Crippen molar-refractivity contribution in [1.82, 2.24) is 9.97 Å². The lowest BCUT2D eigenvalue weighted by Crippen LogP contribution is -2.23. The highest BCUT2D eigenvalue weighted by Crippen LogP contribution is 2.21. The quantitative estimate of drug-likeness (QED) is 0.796. The molecular weight excluding hydrogens is 244 g/mol. The van der Waals surface area contributed by atoms with E-state index in [0.29, 0.717) is 6.04 Å². The van der Waals surface area contributed by atoms with Crippen molar-refractivity contribution >= 4 is 23.4 Å². The van der Waals surface area contributed by atoms with Crippen LogP contribution in [-0.2, 0) is 0 Å². The fourth-order valence-corrected chi connectivity index (χ4v) is 2.49. The second kappa shape index (κ2) is 7.46. The van der Waals surface area contributed by atoms with Gasteiger partial charge in [-0.2, -0.15) is 11.8 Å². The molecule has 0 aliphatic rings. The number of hydrogen-bond donors (Lipinski definition) is 2. The highest BCUT2D eigenvalue weighted by molar-refractivity contribution is 7.98. The van der Waals surface area contributed by atoms with Crippen molar-refractivity contribution in [2.75, 3.05) is 29.2 Å². The van der Waals surface area contributed by atoms with Crippen molar-refractivity contribution in [2.45, 2.75) is 40.2 Å². The van der Waals surface area contributed by atoms with Crippen LogP contribution in [-0.4, -0.2) is 34.6 Å². The maximum atomic E-state index is 4.51. The molecule has 18 heavy (non-hydrogen) atoms. The van der Waals surface area contributed by atoms with Gasteiger partial charge in [-0.1, -0.05) is 6.92 Å². The zero-order chi connectivity index (χ0) is 13.5. The van der Waals surface area contributed by atoms with Crippen LogP contribution in [0.1, 0.15) is 31.7 Å². The summed E-state index contributed by atoms with van der Waals surface area (Å²) in [5.74, 6) is 3.79. The van der Waals surface area contributed by atoms with E-state index >= 15 is 0 Å². The molecule has 5 heteroatoms. The molecule has 1 heterocycles. The van der Waals surface area contributed by atoms with E-state index in [4.69, 9.17) is 0 Å². The molecule has 0 amide bonds. The Hall–Kier alpha value is -0.970. The van der Waals surface area contributed by atoms with Gasteiger partial charge in [0.15, 0.2) is 0 Å². The van der Waals surface area contributed by atoms with Crippen LogP contribution < -0.4 is 10.6 Å². The van der Waals surface area contributed by atoms with Gasteiger partial charge in [-0.15, -0.1) is 0 Å². The first kappa shape index (κ1) is 15.1. The SMILES string of the molecule is CCNc1nc(C)nc(NC(CC)CSC)c1C. The van der Waals surface area contributed by atoms with Gasteiger partial charge in [0.25, 0.3) is 0 Å². The third-order valence-electron chi connectivity index (χ3n) is 2.80. The van der Waals surface area contributed by atoms with Crippen LogP contribution in [0.2, 0.25) is 0 Å². The van der Waals surface area contributed by atoms with Gasteiger partial charge in [0.2, 0.25) is 0 Å². The van der Waals surface area contributed by atoms with Crippen LogP contribution in [0, 0.1) is 13.8 Å². The van der Waals surface area contributed by atoms with Gasteiger partial charge >= 0.3 is 0 Å². The number of hydrogen-bond acceptors (Lipinski definition) is 5. The van der Waals surface area contributed by atoms with E-state index < -0.39 is 0 Å². The molecule has 0 aliphatic heterocycles. The fourth-order valence-electron chi connectivity index (χ4n) is 1.76. The summed E-state index contributed by atoms with van der Waals surface area (Å²) in [4.78, 5) is 8.95. The lowest BCUT2D eigenvalue weighted by Gasteiger charge is -2.19. The van der Waals surface area contributed by atoms with E-state index in [1.165, 1.54) is 0 Å². The van der Waals surface area contributed by atoms with Crippen LogP contribution in [0.3, 0.4) is 0 Å². The fraction of sp³-hybridized carbons (Fsp3) is 0.692. The Labute approximate surface area is 114 Å². The molecule has 4 nitrogen and oxygen atoms in total. The lowest BCUT2D eigenvalue weighted by atomic mass is 10.2. The van der Waals surface area contributed by atoms with Crippen molar-refractivity contribution in [2.24, 2.45) is 0 Å². The Bertz CT molecular complexity index is 381. The van der Waals surface area contributed by atoms with Crippen molar-refractivity contribution in [3.8, 4) is 0 Å². The van der Waals surface area contributed by atoms with Crippen molar-refractivity contribution < 1.29 is 0 Å². The largest absolute Gasteiger partial charge is 0.370 e. The normalized spacial score (nSPS) is 12.3. The summed E-state index contributed by atoms with van der Waals surface area (Å²) in [7, 11) is 0. The van der Waals surface area contributed by atoms with Crippen LogP contribution in [0.25, 0.3) is 0 Å². The molecule has 1 atom stereocenters. The summed E-state index contributed by atoms with van der Waals surface area (Å²) in [5.41, 5.74) is 1.10. The number of thioether (sulfide) groups is 1. The Kier molecular flexibility index (Phi) is 6.25. The van der Waals surface area contributed by atoms with Crippen molar-refractivity contribution in [3.63, 3.8) is 0 Å². The Morgan fingerprint density at radius 2 is 1.83 bits per heavy atom. The number of rotatable bonds is 7. The zero-order valence-electron chi connectivity index (χ0n) is 12.0. The molecule has 0 aliphatic carbocycles. The molecule has 1 aromatic rings. The average Bonchev–Trinajstić information content (AvgIpc) is 2.34. The van der Waals surface area contributed by atoms with Crippen LogP contribution in [0.4, 0.5) is 11.6 Å². The van der Waals surface area contributed by atoms with Gasteiger partial charge < -0.3 is 10.6 Å². The standard InChI is InChI=1S/C13H24N4S/c1-6-11(8-18-5)17-13-9(3)12(14-7-2)15-10(4)16-13/h11H,6-8H2,1-5H3,(H2,14,15,16,17). The number of nitrogens with zero attached hydrogens (tertiary/aromatic N) is 2. The predicted molar refractivity (Wildman–Crippen MR) is 81.8 cm³/mol. The Morgan fingerprint density at radius 3 is 2.39 bits per heavy atom. The third-order valence-corrected chi connectivity index (χ3v) is 3.54. The highest BCUT2D eigenvalue weighted by atomic mass is 32.2. The average molecular weight is 268 g/mol. The molecule has 1 aromatic heterocycles. The van der Waals surface area contributed by atoms with Crippen molar-refractivity contribution in [1.29, 1.82) is 0 Å². The van der Waals surface area contributed by atoms with E-state index in [1.54, 1.807) is 0 Å². The second-order valence-corrected chi connectivity index (χ2v) is 5.24. The second-order valence-electron chi connectivity index (χ2n) is 4.33. The first-order valence-electron chi connectivity index (χ1n) is 6.46. The number of aryl methyl sites for hydroxylation is 1. The smallest absolute Gasteiger partial charge is 0.135 e. The van der Waals surface area contributed by atoms with Crippen LogP contribution >= 0.6 is 11.8 Å². The highest BCUT2D eigenvalue weighted by Gasteiger charge is 2.12. The van der Waals surface area contributed by atoms with Gasteiger partial charge in [-0.25, -0.2) is 9.97 Å². The van der Waals surface area contributed by atoms with Crippen molar-refractivity contribution in [3.05, 3.63) is 11.4 Å².